The number of nitrogens with two attached hydrogens (primary N) is 1. The third-order valence-electron chi connectivity index (χ3n) is 4.60. The Labute approximate surface area is 171 Å². The molecule has 1 saturated carbocycles. The standard InChI is InChI=1S/C21H18Cl2F2N2O/c22-16-8-7-13(10-17(16)23)15-11-21(15,25)9-3-5-18(24)20(28)27-19-6-2-1-4-14(19)12-26/h1-10,15H,11-12,26H2,(H,27,28)/t15-,21?/m1/s1. The average Bonchev–Trinajstić information content (AvgIpc) is 3.35. The molecule has 0 saturated heterocycles. The molecule has 146 valence electrons. The highest BCUT2D eigenvalue weighted by atomic mass is 35.5. The minimum atomic E-state index is -1.60. The number of hydrogen-bond acceptors (Lipinski definition) is 2. The second-order valence-corrected chi connectivity index (χ2v) is 7.36. The molecule has 1 aliphatic carbocycles. The van der Waals surface area contributed by atoms with Gasteiger partial charge < -0.3 is 11.1 Å². The molecule has 3 N–H and O–H groups in total. The Morgan fingerprint density at radius 3 is 2.71 bits per heavy atom. The van der Waals surface area contributed by atoms with Gasteiger partial charge in [-0.15, -0.1) is 0 Å². The molecule has 0 aromatic heterocycles. The van der Waals surface area contributed by atoms with E-state index >= 15 is 0 Å². The zero-order valence-electron chi connectivity index (χ0n) is 14.8. The van der Waals surface area contributed by atoms with Crippen LogP contribution < -0.4 is 11.1 Å². The Bertz CT molecular complexity index is 961. The first-order valence-electron chi connectivity index (χ1n) is 8.62. The lowest BCUT2D eigenvalue weighted by Gasteiger charge is -2.08. The van der Waals surface area contributed by atoms with Crippen molar-refractivity contribution in [2.75, 3.05) is 5.32 Å². The van der Waals surface area contributed by atoms with Gasteiger partial charge in [-0.3, -0.25) is 4.79 Å². The number of rotatable bonds is 6. The number of carbonyl (C=O) groups excluding carboxylic acids is 1. The molecule has 0 radical (unpaired) electrons. The van der Waals surface area contributed by atoms with Crippen LogP contribution in [0.3, 0.4) is 0 Å². The van der Waals surface area contributed by atoms with Gasteiger partial charge in [0.05, 0.1) is 10.0 Å². The Morgan fingerprint density at radius 2 is 2.00 bits per heavy atom. The molecule has 0 spiro atoms. The van der Waals surface area contributed by atoms with Crippen LogP contribution in [-0.2, 0) is 11.3 Å². The molecule has 3 nitrogen and oxygen atoms in total. The fourth-order valence-corrected chi connectivity index (χ4v) is 3.24. The zero-order valence-corrected chi connectivity index (χ0v) is 16.3. The fraction of sp³-hybridized carbons (Fsp3) is 0.190. The molecule has 2 aromatic rings. The van der Waals surface area contributed by atoms with Crippen molar-refractivity contribution >= 4 is 34.8 Å². The molecule has 1 unspecified atom stereocenters. The Morgan fingerprint density at radius 1 is 1.25 bits per heavy atom. The summed E-state index contributed by atoms with van der Waals surface area (Å²) >= 11 is 11.8. The van der Waals surface area contributed by atoms with Crippen molar-refractivity contribution in [2.45, 2.75) is 24.6 Å². The van der Waals surface area contributed by atoms with Crippen molar-refractivity contribution in [1.29, 1.82) is 0 Å². The lowest BCUT2D eigenvalue weighted by Crippen LogP contribution is -2.14. The van der Waals surface area contributed by atoms with Gasteiger partial charge in [0.15, 0.2) is 5.83 Å². The van der Waals surface area contributed by atoms with Crippen molar-refractivity contribution in [3.8, 4) is 0 Å². The molecular formula is C21H18Cl2F2N2O. The molecule has 7 heteroatoms. The second-order valence-electron chi connectivity index (χ2n) is 6.55. The average molecular weight is 423 g/mol. The molecule has 2 aromatic carbocycles. The quantitative estimate of drug-likeness (QED) is 0.463. The topological polar surface area (TPSA) is 55.1 Å². The highest BCUT2D eigenvalue weighted by Crippen LogP contribution is 2.56. The van der Waals surface area contributed by atoms with Gasteiger partial charge in [0.1, 0.15) is 5.67 Å². The van der Waals surface area contributed by atoms with Gasteiger partial charge in [0.25, 0.3) is 5.91 Å². The molecule has 28 heavy (non-hydrogen) atoms. The summed E-state index contributed by atoms with van der Waals surface area (Å²) in [5.74, 6) is -2.33. The molecule has 1 amide bonds. The summed E-state index contributed by atoms with van der Waals surface area (Å²) in [6.07, 6.45) is 3.65. The number of para-hydroxylation sites is 1. The fourth-order valence-electron chi connectivity index (χ4n) is 2.93. The van der Waals surface area contributed by atoms with Gasteiger partial charge in [0, 0.05) is 18.2 Å². The van der Waals surface area contributed by atoms with Crippen molar-refractivity contribution in [3.63, 3.8) is 0 Å². The molecule has 3 rings (SSSR count). The van der Waals surface area contributed by atoms with E-state index in [2.05, 4.69) is 5.32 Å². The van der Waals surface area contributed by atoms with E-state index in [0.717, 1.165) is 11.6 Å². The van der Waals surface area contributed by atoms with Crippen LogP contribution in [-0.4, -0.2) is 11.6 Å². The lowest BCUT2D eigenvalue weighted by atomic mass is 10.1. The van der Waals surface area contributed by atoms with Crippen molar-refractivity contribution in [1.82, 2.24) is 0 Å². The molecule has 1 aliphatic rings. The number of hydrogen-bond donors (Lipinski definition) is 2. The number of halogens is 4. The maximum atomic E-state index is 14.8. The highest BCUT2D eigenvalue weighted by molar-refractivity contribution is 6.42. The van der Waals surface area contributed by atoms with Crippen LogP contribution in [0, 0.1) is 0 Å². The monoisotopic (exact) mass is 422 g/mol. The first-order chi connectivity index (χ1) is 13.3. The van der Waals surface area contributed by atoms with Crippen LogP contribution in [0.25, 0.3) is 0 Å². The number of nitrogens with one attached hydrogen (secondary N) is 1. The number of alkyl halides is 1. The first-order valence-corrected chi connectivity index (χ1v) is 9.38. The van der Waals surface area contributed by atoms with E-state index in [9.17, 15) is 13.6 Å². The highest BCUT2D eigenvalue weighted by Gasteiger charge is 2.54. The second kappa shape index (κ2) is 8.43. The maximum absolute atomic E-state index is 14.8. The minimum Gasteiger partial charge on any atom is -0.326 e. The van der Waals surface area contributed by atoms with Gasteiger partial charge >= 0.3 is 0 Å². The first kappa shape index (κ1) is 20.5. The van der Waals surface area contributed by atoms with Crippen LogP contribution >= 0.6 is 23.2 Å². The van der Waals surface area contributed by atoms with Crippen LogP contribution in [0.5, 0.6) is 0 Å². The van der Waals surface area contributed by atoms with E-state index in [1.165, 1.54) is 12.2 Å². The summed E-state index contributed by atoms with van der Waals surface area (Å²) in [5, 5.41) is 3.21. The van der Waals surface area contributed by atoms with Gasteiger partial charge in [0.2, 0.25) is 0 Å². The normalized spacial score (nSPS) is 21.8. The third-order valence-corrected chi connectivity index (χ3v) is 5.34. The van der Waals surface area contributed by atoms with E-state index in [1.54, 1.807) is 42.5 Å². The summed E-state index contributed by atoms with van der Waals surface area (Å²) in [6.45, 7) is 0.210. The number of carbonyl (C=O) groups is 1. The summed E-state index contributed by atoms with van der Waals surface area (Å²) in [4.78, 5) is 12.0. The number of allylic oxidation sites excluding steroid dienone is 3. The third kappa shape index (κ3) is 4.61. The molecule has 0 aliphatic heterocycles. The smallest absolute Gasteiger partial charge is 0.284 e. The van der Waals surface area contributed by atoms with Gasteiger partial charge in [-0.1, -0.05) is 53.5 Å². The van der Waals surface area contributed by atoms with Crippen molar-refractivity contribution in [2.24, 2.45) is 5.73 Å². The summed E-state index contributed by atoms with van der Waals surface area (Å²) < 4.78 is 28.8. The van der Waals surface area contributed by atoms with E-state index in [-0.39, 0.29) is 18.9 Å². The van der Waals surface area contributed by atoms with Crippen molar-refractivity contribution < 1.29 is 13.6 Å². The van der Waals surface area contributed by atoms with E-state index in [4.69, 9.17) is 28.9 Å². The van der Waals surface area contributed by atoms with E-state index in [1.807, 2.05) is 0 Å². The number of benzene rings is 2. The minimum absolute atomic E-state index is 0.210. The lowest BCUT2D eigenvalue weighted by molar-refractivity contribution is -0.114. The van der Waals surface area contributed by atoms with Crippen LogP contribution in [0.2, 0.25) is 10.0 Å². The Kier molecular flexibility index (Phi) is 6.18. The van der Waals surface area contributed by atoms with E-state index in [0.29, 0.717) is 21.3 Å². The van der Waals surface area contributed by atoms with Crippen molar-refractivity contribution in [3.05, 3.63) is 87.7 Å². The predicted molar refractivity (Wildman–Crippen MR) is 109 cm³/mol. The van der Waals surface area contributed by atoms with Gasteiger partial charge in [-0.05, 0) is 47.9 Å². The van der Waals surface area contributed by atoms with Crippen LogP contribution in [0.15, 0.2) is 66.5 Å². The SMILES string of the molecule is NCc1ccccc1NC(=O)C(F)=CC=CC1(F)C[C@@H]1c1ccc(Cl)c(Cl)c1. The maximum Gasteiger partial charge on any atom is 0.284 e. The molecule has 1 fully saturated rings. The van der Waals surface area contributed by atoms with Gasteiger partial charge in [-0.2, -0.15) is 0 Å². The summed E-state index contributed by atoms with van der Waals surface area (Å²) in [5.41, 5.74) is 5.83. The van der Waals surface area contributed by atoms with Gasteiger partial charge in [-0.25, -0.2) is 8.78 Å². The zero-order chi connectivity index (χ0) is 20.3. The largest absolute Gasteiger partial charge is 0.326 e. The summed E-state index contributed by atoms with van der Waals surface area (Å²) in [6, 6.07) is 11.8. The van der Waals surface area contributed by atoms with Crippen LogP contribution in [0.4, 0.5) is 14.5 Å². The van der Waals surface area contributed by atoms with Crippen LogP contribution in [0.1, 0.15) is 23.5 Å². The molecule has 0 bridgehead atoms. The Hall–Kier alpha value is -2.21. The predicted octanol–water partition coefficient (Wildman–Crippen LogP) is 5.70. The molecule has 0 heterocycles. The summed E-state index contributed by atoms with van der Waals surface area (Å²) in [7, 11) is 0. The molecule has 2 atom stereocenters. The number of amides is 1. The number of anilines is 1. The Balaban J connectivity index is 1.63. The molecular weight excluding hydrogens is 405 g/mol. The van der Waals surface area contributed by atoms with E-state index < -0.39 is 17.4 Å².